The predicted molar refractivity (Wildman–Crippen MR) is 95.8 cm³/mol. The van der Waals surface area contributed by atoms with E-state index in [-0.39, 0.29) is 11.9 Å². The minimum Gasteiger partial charge on any atom is -0.486 e. The Kier molecular flexibility index (Phi) is 5.41. The van der Waals surface area contributed by atoms with Crippen molar-refractivity contribution in [3.63, 3.8) is 0 Å². The molecule has 0 aliphatic carbocycles. The molecule has 4 nitrogen and oxygen atoms in total. The van der Waals surface area contributed by atoms with Gasteiger partial charge in [-0.3, -0.25) is 4.79 Å². The lowest BCUT2D eigenvalue weighted by molar-refractivity contribution is -0.122. The van der Waals surface area contributed by atoms with Gasteiger partial charge in [0, 0.05) is 11.3 Å². The van der Waals surface area contributed by atoms with Gasteiger partial charge in [0.05, 0.1) is 6.04 Å². The van der Waals surface area contributed by atoms with Gasteiger partial charge in [-0.2, -0.15) is 0 Å². The molecule has 0 radical (unpaired) electrons. The summed E-state index contributed by atoms with van der Waals surface area (Å²) in [6, 6.07) is 9.98. The molecular weight excluding hydrogens is 322 g/mol. The van der Waals surface area contributed by atoms with Crippen LogP contribution < -0.4 is 14.8 Å². The van der Waals surface area contributed by atoms with Crippen LogP contribution in [0, 0.1) is 5.92 Å². The van der Waals surface area contributed by atoms with Crippen LogP contribution in [0.5, 0.6) is 11.5 Å². The molecule has 2 heterocycles. The maximum absolute atomic E-state index is 12.4. The summed E-state index contributed by atoms with van der Waals surface area (Å²) in [4.78, 5) is 13.6. The first-order valence-corrected chi connectivity index (χ1v) is 9.23. The number of ether oxygens (including phenoxy) is 2. The molecule has 0 bridgehead atoms. The number of amides is 1. The fraction of sp³-hybridized carbons (Fsp3) is 0.421. The summed E-state index contributed by atoms with van der Waals surface area (Å²) in [7, 11) is 0. The number of benzene rings is 1. The second-order valence-corrected chi connectivity index (χ2v) is 7.30. The summed E-state index contributed by atoms with van der Waals surface area (Å²) in [5.74, 6) is 1.91. The number of carbonyl (C=O) groups is 1. The maximum Gasteiger partial charge on any atom is 0.220 e. The molecule has 1 aliphatic heterocycles. The van der Waals surface area contributed by atoms with Crippen LogP contribution in [0.1, 0.15) is 36.8 Å². The van der Waals surface area contributed by atoms with E-state index in [1.165, 1.54) is 4.88 Å². The normalized spacial score (nSPS) is 14.5. The second-order valence-electron chi connectivity index (χ2n) is 6.27. The molecule has 1 N–H and O–H groups in total. The first kappa shape index (κ1) is 16.8. The van der Waals surface area contributed by atoms with Gasteiger partial charge in [0.2, 0.25) is 5.91 Å². The van der Waals surface area contributed by atoms with Gasteiger partial charge in [0.25, 0.3) is 0 Å². The van der Waals surface area contributed by atoms with E-state index in [2.05, 4.69) is 25.2 Å². The molecule has 2 aromatic rings. The molecule has 5 heteroatoms. The third-order valence-corrected chi connectivity index (χ3v) is 5.02. The average Bonchev–Trinajstić information content (AvgIpc) is 3.10. The van der Waals surface area contributed by atoms with Gasteiger partial charge < -0.3 is 14.8 Å². The van der Waals surface area contributed by atoms with Crippen molar-refractivity contribution in [3.05, 3.63) is 46.2 Å². The maximum atomic E-state index is 12.4. The Hall–Kier alpha value is -2.01. The third-order valence-electron chi connectivity index (χ3n) is 4.09. The highest BCUT2D eigenvalue weighted by Gasteiger charge is 2.21. The van der Waals surface area contributed by atoms with Crippen LogP contribution in [0.25, 0.3) is 0 Å². The van der Waals surface area contributed by atoms with Gasteiger partial charge in [-0.1, -0.05) is 26.0 Å². The predicted octanol–water partition coefficient (Wildman–Crippen LogP) is 3.97. The summed E-state index contributed by atoms with van der Waals surface area (Å²) in [6.45, 7) is 5.37. The van der Waals surface area contributed by atoms with E-state index in [4.69, 9.17) is 9.47 Å². The number of rotatable bonds is 6. The zero-order valence-electron chi connectivity index (χ0n) is 14.1. The van der Waals surface area contributed by atoms with Crippen molar-refractivity contribution in [1.82, 2.24) is 5.32 Å². The molecule has 1 amide bonds. The van der Waals surface area contributed by atoms with Crippen molar-refractivity contribution >= 4 is 17.2 Å². The van der Waals surface area contributed by atoms with Gasteiger partial charge in [-0.05, 0) is 41.5 Å². The van der Waals surface area contributed by atoms with Crippen LogP contribution in [0.3, 0.4) is 0 Å². The largest absolute Gasteiger partial charge is 0.486 e. The van der Waals surface area contributed by atoms with Crippen molar-refractivity contribution in [1.29, 1.82) is 0 Å². The SMILES string of the molecule is CC(C)C(NC(=O)CCc1cccs1)c1ccc2c(c1)OCCO2. The Morgan fingerprint density at radius 2 is 2.00 bits per heavy atom. The molecular formula is C19H23NO3S. The Bertz CT molecular complexity index is 682. The zero-order valence-corrected chi connectivity index (χ0v) is 14.9. The van der Waals surface area contributed by atoms with Gasteiger partial charge in [0.15, 0.2) is 11.5 Å². The lowest BCUT2D eigenvalue weighted by Gasteiger charge is -2.25. The van der Waals surface area contributed by atoms with Crippen LogP contribution in [0.15, 0.2) is 35.7 Å². The summed E-state index contributed by atoms with van der Waals surface area (Å²) >= 11 is 1.69. The Morgan fingerprint density at radius 3 is 2.71 bits per heavy atom. The molecule has 0 saturated heterocycles. The summed E-state index contributed by atoms with van der Waals surface area (Å²) in [5, 5.41) is 5.21. The molecule has 1 aromatic carbocycles. The fourth-order valence-electron chi connectivity index (χ4n) is 2.83. The highest BCUT2D eigenvalue weighted by molar-refractivity contribution is 7.09. The highest BCUT2D eigenvalue weighted by atomic mass is 32.1. The van der Waals surface area contributed by atoms with E-state index >= 15 is 0 Å². The highest BCUT2D eigenvalue weighted by Crippen LogP contribution is 2.34. The van der Waals surface area contributed by atoms with Gasteiger partial charge >= 0.3 is 0 Å². The van der Waals surface area contributed by atoms with E-state index in [1.807, 2.05) is 29.6 Å². The standard InChI is InChI=1S/C19H23NO3S/c1-13(2)19(20-18(21)8-6-15-4-3-11-24-15)14-5-7-16-17(12-14)23-10-9-22-16/h3-5,7,11-13,19H,6,8-10H2,1-2H3,(H,20,21). The molecule has 1 aliphatic rings. The molecule has 0 saturated carbocycles. The molecule has 0 spiro atoms. The third kappa shape index (κ3) is 4.09. The summed E-state index contributed by atoms with van der Waals surface area (Å²) < 4.78 is 11.2. The summed E-state index contributed by atoms with van der Waals surface area (Å²) in [5.41, 5.74) is 1.05. The van der Waals surface area contributed by atoms with E-state index in [0.29, 0.717) is 25.6 Å². The van der Waals surface area contributed by atoms with Crippen molar-refractivity contribution in [2.45, 2.75) is 32.7 Å². The van der Waals surface area contributed by atoms with E-state index in [0.717, 1.165) is 23.5 Å². The van der Waals surface area contributed by atoms with Crippen LogP contribution in [-0.4, -0.2) is 19.1 Å². The minimum atomic E-state index is -0.0309. The van der Waals surface area contributed by atoms with Crippen LogP contribution in [0.4, 0.5) is 0 Å². The molecule has 1 aromatic heterocycles. The first-order chi connectivity index (χ1) is 11.6. The Morgan fingerprint density at radius 1 is 1.21 bits per heavy atom. The number of thiophene rings is 1. The minimum absolute atomic E-state index is 0.0309. The smallest absolute Gasteiger partial charge is 0.220 e. The number of nitrogens with one attached hydrogen (secondary N) is 1. The van der Waals surface area contributed by atoms with Gasteiger partial charge in [0.1, 0.15) is 13.2 Å². The van der Waals surface area contributed by atoms with E-state index < -0.39 is 0 Å². The Labute approximate surface area is 146 Å². The number of hydrogen-bond donors (Lipinski definition) is 1. The Balaban J connectivity index is 1.67. The van der Waals surface area contributed by atoms with Gasteiger partial charge in [-0.25, -0.2) is 0 Å². The number of carbonyl (C=O) groups excluding carboxylic acids is 1. The van der Waals surface area contributed by atoms with E-state index in [1.54, 1.807) is 11.3 Å². The molecule has 3 rings (SSSR count). The molecule has 128 valence electrons. The monoisotopic (exact) mass is 345 g/mol. The van der Waals surface area contributed by atoms with Crippen molar-refractivity contribution in [2.75, 3.05) is 13.2 Å². The molecule has 24 heavy (non-hydrogen) atoms. The van der Waals surface area contributed by atoms with Crippen LogP contribution >= 0.6 is 11.3 Å². The van der Waals surface area contributed by atoms with Gasteiger partial charge in [-0.15, -0.1) is 11.3 Å². The van der Waals surface area contributed by atoms with Crippen LogP contribution in [-0.2, 0) is 11.2 Å². The molecule has 1 unspecified atom stereocenters. The number of hydrogen-bond acceptors (Lipinski definition) is 4. The van der Waals surface area contributed by atoms with Crippen molar-refractivity contribution in [3.8, 4) is 11.5 Å². The van der Waals surface area contributed by atoms with Crippen molar-refractivity contribution < 1.29 is 14.3 Å². The lowest BCUT2D eigenvalue weighted by Crippen LogP contribution is -2.32. The number of fused-ring (bicyclic) bond motifs is 1. The zero-order chi connectivity index (χ0) is 16.9. The topological polar surface area (TPSA) is 47.6 Å². The second kappa shape index (κ2) is 7.71. The quantitative estimate of drug-likeness (QED) is 0.862. The first-order valence-electron chi connectivity index (χ1n) is 8.35. The lowest BCUT2D eigenvalue weighted by atomic mass is 9.95. The van der Waals surface area contributed by atoms with Crippen molar-refractivity contribution in [2.24, 2.45) is 5.92 Å². The molecule has 0 fully saturated rings. The van der Waals surface area contributed by atoms with Crippen LogP contribution in [0.2, 0.25) is 0 Å². The van der Waals surface area contributed by atoms with E-state index in [9.17, 15) is 4.79 Å². The number of aryl methyl sites for hydroxylation is 1. The average molecular weight is 345 g/mol. The molecule has 1 atom stereocenters. The summed E-state index contributed by atoms with van der Waals surface area (Å²) in [6.07, 6.45) is 1.30. The fourth-order valence-corrected chi connectivity index (χ4v) is 3.53.